The van der Waals surface area contributed by atoms with Crippen LogP contribution in [-0.4, -0.2) is 17.3 Å². The molecule has 0 bridgehead atoms. The molecule has 0 aliphatic carbocycles. The van der Waals surface area contributed by atoms with E-state index in [1.165, 1.54) is 0 Å². The highest BCUT2D eigenvalue weighted by atomic mass is 35.5. The molecule has 0 heterocycles. The Bertz CT molecular complexity index is 356. The molecule has 0 radical (unpaired) electrons. The van der Waals surface area contributed by atoms with Crippen LogP contribution in [0.3, 0.4) is 0 Å². The summed E-state index contributed by atoms with van der Waals surface area (Å²) >= 11 is 12.0. The van der Waals surface area contributed by atoms with E-state index in [2.05, 4.69) is 19.2 Å². The van der Waals surface area contributed by atoms with Gasteiger partial charge in [-0.05, 0) is 36.6 Å². The molecule has 96 valence electrons. The van der Waals surface area contributed by atoms with Gasteiger partial charge in [-0.2, -0.15) is 0 Å². The molecule has 0 atom stereocenters. The maximum absolute atomic E-state index is 9.46. The van der Waals surface area contributed by atoms with E-state index in [1.807, 2.05) is 6.07 Å². The molecule has 0 amide bonds. The fraction of sp³-hybridized carbons (Fsp3) is 0.538. The predicted molar refractivity (Wildman–Crippen MR) is 73.7 cm³/mol. The summed E-state index contributed by atoms with van der Waals surface area (Å²) in [5.41, 5.74) is 0.727. The topological polar surface area (TPSA) is 32.3 Å². The Morgan fingerprint density at radius 2 is 1.88 bits per heavy atom. The first-order valence-electron chi connectivity index (χ1n) is 5.86. The van der Waals surface area contributed by atoms with Crippen LogP contribution in [0.15, 0.2) is 18.2 Å². The van der Waals surface area contributed by atoms with Gasteiger partial charge in [0.1, 0.15) is 0 Å². The zero-order valence-corrected chi connectivity index (χ0v) is 11.8. The average Bonchev–Trinajstić information content (AvgIpc) is 2.35. The Kier molecular flexibility index (Phi) is 5.74. The van der Waals surface area contributed by atoms with Gasteiger partial charge in [0.05, 0.1) is 6.61 Å². The summed E-state index contributed by atoms with van der Waals surface area (Å²) in [6.45, 7) is 4.86. The maximum Gasteiger partial charge on any atom is 0.0613 e. The van der Waals surface area contributed by atoms with Gasteiger partial charge in [-0.3, -0.25) is 0 Å². The summed E-state index contributed by atoms with van der Waals surface area (Å²) in [7, 11) is 0. The van der Waals surface area contributed by atoms with E-state index in [0.29, 0.717) is 16.6 Å². The van der Waals surface area contributed by atoms with Crippen LogP contribution in [0.5, 0.6) is 0 Å². The lowest BCUT2D eigenvalue weighted by Gasteiger charge is -2.31. The van der Waals surface area contributed by atoms with Crippen LogP contribution in [0, 0.1) is 0 Å². The van der Waals surface area contributed by atoms with Crippen molar-refractivity contribution in [1.82, 2.24) is 5.32 Å². The van der Waals surface area contributed by atoms with Gasteiger partial charge in [0, 0.05) is 22.1 Å². The Morgan fingerprint density at radius 3 is 2.41 bits per heavy atom. The average molecular weight is 276 g/mol. The van der Waals surface area contributed by atoms with Gasteiger partial charge in [0.15, 0.2) is 0 Å². The van der Waals surface area contributed by atoms with Crippen molar-refractivity contribution in [2.45, 2.75) is 38.8 Å². The number of halogens is 2. The molecule has 0 fully saturated rings. The summed E-state index contributed by atoms with van der Waals surface area (Å²) < 4.78 is 0. The highest BCUT2D eigenvalue weighted by Gasteiger charge is 2.24. The molecule has 1 rings (SSSR count). The molecule has 0 saturated carbocycles. The molecule has 0 saturated heterocycles. The Balaban J connectivity index is 2.75. The standard InChI is InChI=1S/C13H19Cl2NO/c1-3-13(4-2,9-17)16-8-10-7-11(14)5-6-12(10)15/h5-7,16-17H,3-4,8-9H2,1-2H3. The molecule has 0 aliphatic heterocycles. The van der Waals surface area contributed by atoms with Crippen LogP contribution in [0.1, 0.15) is 32.3 Å². The minimum Gasteiger partial charge on any atom is -0.394 e. The first kappa shape index (κ1) is 14.8. The lowest BCUT2D eigenvalue weighted by molar-refractivity contribution is 0.149. The second kappa shape index (κ2) is 6.60. The Morgan fingerprint density at radius 1 is 1.24 bits per heavy atom. The van der Waals surface area contributed by atoms with Crippen LogP contribution >= 0.6 is 23.2 Å². The molecule has 1 aromatic rings. The lowest BCUT2D eigenvalue weighted by Crippen LogP contribution is -2.47. The number of nitrogens with one attached hydrogen (secondary N) is 1. The van der Waals surface area contributed by atoms with Crippen molar-refractivity contribution >= 4 is 23.2 Å². The van der Waals surface area contributed by atoms with Gasteiger partial charge >= 0.3 is 0 Å². The van der Waals surface area contributed by atoms with Crippen LogP contribution < -0.4 is 5.32 Å². The Labute approximate surface area is 113 Å². The molecule has 4 heteroatoms. The molecular weight excluding hydrogens is 257 g/mol. The summed E-state index contributed by atoms with van der Waals surface area (Å²) in [6, 6.07) is 5.41. The smallest absolute Gasteiger partial charge is 0.0613 e. The molecule has 0 unspecified atom stereocenters. The fourth-order valence-corrected chi connectivity index (χ4v) is 2.12. The molecule has 0 aromatic heterocycles. The molecule has 0 aliphatic rings. The molecule has 1 aromatic carbocycles. The summed E-state index contributed by atoms with van der Waals surface area (Å²) in [5, 5.41) is 14.2. The molecule has 2 N–H and O–H groups in total. The third-order valence-electron chi connectivity index (χ3n) is 3.32. The van der Waals surface area contributed by atoms with Gasteiger partial charge < -0.3 is 10.4 Å². The van der Waals surface area contributed by atoms with Crippen molar-refractivity contribution in [3.8, 4) is 0 Å². The number of aliphatic hydroxyl groups is 1. The van der Waals surface area contributed by atoms with Crippen LogP contribution in [0.25, 0.3) is 0 Å². The van der Waals surface area contributed by atoms with Crippen molar-refractivity contribution in [3.63, 3.8) is 0 Å². The number of hydrogen-bond donors (Lipinski definition) is 2. The monoisotopic (exact) mass is 275 g/mol. The van der Waals surface area contributed by atoms with E-state index in [1.54, 1.807) is 12.1 Å². The van der Waals surface area contributed by atoms with Crippen molar-refractivity contribution in [3.05, 3.63) is 33.8 Å². The first-order chi connectivity index (χ1) is 8.06. The summed E-state index contributed by atoms with van der Waals surface area (Å²) in [6.07, 6.45) is 1.75. The number of rotatable bonds is 6. The van der Waals surface area contributed by atoms with E-state index in [-0.39, 0.29) is 12.1 Å². The molecular formula is C13H19Cl2NO. The molecule has 2 nitrogen and oxygen atoms in total. The zero-order valence-electron chi connectivity index (χ0n) is 10.3. The minimum atomic E-state index is -0.231. The first-order valence-corrected chi connectivity index (χ1v) is 6.62. The number of aliphatic hydroxyl groups excluding tert-OH is 1. The van der Waals surface area contributed by atoms with E-state index in [9.17, 15) is 5.11 Å². The summed E-state index contributed by atoms with van der Waals surface area (Å²) in [4.78, 5) is 0. The zero-order chi connectivity index (χ0) is 12.9. The largest absolute Gasteiger partial charge is 0.394 e. The normalized spacial score (nSPS) is 11.8. The third kappa shape index (κ3) is 3.85. The van der Waals surface area contributed by atoms with Gasteiger partial charge in [-0.15, -0.1) is 0 Å². The van der Waals surface area contributed by atoms with E-state index in [0.717, 1.165) is 18.4 Å². The second-order valence-corrected chi connectivity index (χ2v) is 5.08. The van der Waals surface area contributed by atoms with Crippen LogP contribution in [-0.2, 0) is 6.54 Å². The maximum atomic E-state index is 9.46. The van der Waals surface area contributed by atoms with E-state index < -0.39 is 0 Å². The van der Waals surface area contributed by atoms with Gasteiger partial charge in [-0.25, -0.2) is 0 Å². The highest BCUT2D eigenvalue weighted by molar-refractivity contribution is 6.33. The highest BCUT2D eigenvalue weighted by Crippen LogP contribution is 2.22. The van der Waals surface area contributed by atoms with E-state index >= 15 is 0 Å². The number of benzene rings is 1. The van der Waals surface area contributed by atoms with Gasteiger partial charge in [0.25, 0.3) is 0 Å². The minimum absolute atomic E-state index is 0.123. The fourth-order valence-electron chi connectivity index (χ4n) is 1.74. The van der Waals surface area contributed by atoms with Crippen molar-refractivity contribution in [1.29, 1.82) is 0 Å². The second-order valence-electron chi connectivity index (χ2n) is 4.23. The van der Waals surface area contributed by atoms with Crippen molar-refractivity contribution in [2.75, 3.05) is 6.61 Å². The summed E-state index contributed by atoms with van der Waals surface area (Å²) in [5.74, 6) is 0. The SMILES string of the molecule is CCC(CC)(CO)NCc1cc(Cl)ccc1Cl. The third-order valence-corrected chi connectivity index (χ3v) is 3.92. The van der Waals surface area contributed by atoms with Crippen LogP contribution in [0.4, 0.5) is 0 Å². The van der Waals surface area contributed by atoms with Crippen LogP contribution in [0.2, 0.25) is 10.0 Å². The molecule has 0 spiro atoms. The van der Waals surface area contributed by atoms with E-state index in [4.69, 9.17) is 23.2 Å². The molecule has 17 heavy (non-hydrogen) atoms. The van der Waals surface area contributed by atoms with Crippen molar-refractivity contribution in [2.24, 2.45) is 0 Å². The predicted octanol–water partition coefficient (Wildman–Crippen LogP) is 3.63. The van der Waals surface area contributed by atoms with Gasteiger partial charge in [0.2, 0.25) is 0 Å². The lowest BCUT2D eigenvalue weighted by atomic mass is 9.93. The quantitative estimate of drug-likeness (QED) is 0.831. The Hall–Kier alpha value is -0.280. The van der Waals surface area contributed by atoms with Gasteiger partial charge in [-0.1, -0.05) is 37.0 Å². The number of hydrogen-bond acceptors (Lipinski definition) is 2. The van der Waals surface area contributed by atoms with Crippen molar-refractivity contribution < 1.29 is 5.11 Å².